The predicted octanol–water partition coefficient (Wildman–Crippen LogP) is 4.49. The summed E-state index contributed by atoms with van der Waals surface area (Å²) in [4.78, 5) is 11.6. The summed E-state index contributed by atoms with van der Waals surface area (Å²) in [5.74, 6) is 0.117. The van der Waals surface area contributed by atoms with Crippen LogP contribution in [0.2, 0.25) is 0 Å². The van der Waals surface area contributed by atoms with Gasteiger partial charge in [0.25, 0.3) is 9.84 Å². The number of phenolic OH excluding ortho intramolecular Hbond substituents is 1. The number of carbonyl (C=O) groups is 1. The van der Waals surface area contributed by atoms with Crippen LogP contribution in [0.4, 0.5) is 23.8 Å². The first-order valence-electron chi connectivity index (χ1n) is 10.0. The van der Waals surface area contributed by atoms with E-state index in [1.165, 1.54) is 12.1 Å². The number of urea groups is 1. The molecule has 182 valence electrons. The second-order valence-electron chi connectivity index (χ2n) is 8.46. The van der Waals surface area contributed by atoms with Crippen LogP contribution in [-0.2, 0) is 21.8 Å². The molecule has 34 heavy (non-hydrogen) atoms. The zero-order valence-corrected chi connectivity index (χ0v) is 19.3. The van der Waals surface area contributed by atoms with Gasteiger partial charge in [0.15, 0.2) is 0 Å². The van der Waals surface area contributed by atoms with Crippen molar-refractivity contribution < 1.29 is 31.5 Å². The first-order chi connectivity index (χ1) is 15.7. The summed E-state index contributed by atoms with van der Waals surface area (Å²) in [6, 6.07) is 11.5. The molecular formula is C22H23F3N4O4S. The summed E-state index contributed by atoms with van der Waals surface area (Å²) in [5.41, 5.74) is -4.95. The molecular weight excluding hydrogens is 473 g/mol. The number of amides is 2. The van der Waals surface area contributed by atoms with E-state index >= 15 is 0 Å². The third-order valence-corrected chi connectivity index (χ3v) is 6.31. The standard InChI is InChI=1S/C22H23F3N4O4S/c1-21(2,3)18-12-19(27-20(31)26-13-14-7-4-5-10-17(14)30)29(28-18)15-8-6-9-16(11-15)34(32,33)22(23,24)25/h4-12,30H,13H2,1-3H3,(H2,26,27,31). The van der Waals surface area contributed by atoms with Gasteiger partial charge in [0.05, 0.1) is 16.3 Å². The Bertz CT molecular complexity index is 1310. The Hall–Kier alpha value is -3.54. The molecule has 0 bridgehead atoms. The minimum Gasteiger partial charge on any atom is -0.508 e. The van der Waals surface area contributed by atoms with E-state index in [9.17, 15) is 31.5 Å². The van der Waals surface area contributed by atoms with Crippen LogP contribution < -0.4 is 10.6 Å². The lowest BCUT2D eigenvalue weighted by atomic mass is 9.92. The molecule has 3 aromatic rings. The van der Waals surface area contributed by atoms with E-state index in [1.807, 2.05) is 20.8 Å². The Labute approximate surface area is 194 Å². The lowest BCUT2D eigenvalue weighted by Crippen LogP contribution is -2.29. The molecule has 0 atom stereocenters. The third-order valence-electron chi connectivity index (χ3n) is 4.83. The van der Waals surface area contributed by atoms with Gasteiger partial charge in [-0.15, -0.1) is 0 Å². The average Bonchev–Trinajstić information content (AvgIpc) is 3.17. The van der Waals surface area contributed by atoms with Gasteiger partial charge in [-0.3, -0.25) is 5.32 Å². The molecule has 3 N–H and O–H groups in total. The second-order valence-corrected chi connectivity index (χ2v) is 10.4. The fourth-order valence-corrected chi connectivity index (χ4v) is 3.75. The average molecular weight is 497 g/mol. The lowest BCUT2D eigenvalue weighted by molar-refractivity contribution is -0.0436. The van der Waals surface area contributed by atoms with Gasteiger partial charge in [-0.2, -0.15) is 18.3 Å². The topological polar surface area (TPSA) is 113 Å². The molecule has 1 heterocycles. The predicted molar refractivity (Wildman–Crippen MR) is 119 cm³/mol. The van der Waals surface area contributed by atoms with E-state index in [0.29, 0.717) is 11.3 Å². The summed E-state index contributed by atoms with van der Waals surface area (Å²) in [5, 5.41) is 19.4. The van der Waals surface area contributed by atoms with E-state index in [-0.39, 0.29) is 23.8 Å². The number of sulfone groups is 1. The molecule has 0 saturated carbocycles. The van der Waals surface area contributed by atoms with Gasteiger partial charge in [-0.05, 0) is 24.3 Å². The van der Waals surface area contributed by atoms with Crippen LogP contribution in [0.25, 0.3) is 5.69 Å². The van der Waals surface area contributed by atoms with Gasteiger partial charge in [0.2, 0.25) is 0 Å². The lowest BCUT2D eigenvalue weighted by Gasteiger charge is -2.14. The van der Waals surface area contributed by atoms with Crippen molar-refractivity contribution in [3.8, 4) is 11.4 Å². The van der Waals surface area contributed by atoms with Gasteiger partial charge >= 0.3 is 11.5 Å². The van der Waals surface area contributed by atoms with Crippen LogP contribution in [0.3, 0.4) is 0 Å². The minimum absolute atomic E-state index is 0.00514. The molecule has 0 aliphatic rings. The first kappa shape index (κ1) is 25.1. The number of phenols is 1. The molecule has 0 fully saturated rings. The number of nitrogens with zero attached hydrogens (tertiary/aromatic N) is 2. The summed E-state index contributed by atoms with van der Waals surface area (Å²) in [6.07, 6.45) is 0. The molecule has 0 saturated heterocycles. The van der Waals surface area contributed by atoms with Crippen LogP contribution in [0.15, 0.2) is 59.5 Å². The second kappa shape index (κ2) is 9.01. The highest BCUT2D eigenvalue weighted by Gasteiger charge is 2.47. The van der Waals surface area contributed by atoms with Crippen molar-refractivity contribution in [2.45, 2.75) is 43.1 Å². The number of nitrogens with one attached hydrogen (secondary N) is 2. The number of hydrogen-bond acceptors (Lipinski definition) is 5. The van der Waals surface area contributed by atoms with Crippen molar-refractivity contribution in [3.05, 3.63) is 65.9 Å². The Morgan fingerprint density at radius 1 is 1.06 bits per heavy atom. The Kier molecular flexibility index (Phi) is 6.65. The molecule has 2 aromatic carbocycles. The maximum absolute atomic E-state index is 13.0. The number of halogens is 3. The molecule has 12 heteroatoms. The number of anilines is 1. The molecule has 0 aliphatic heterocycles. The van der Waals surface area contributed by atoms with Crippen molar-refractivity contribution in [1.29, 1.82) is 0 Å². The first-order valence-corrected chi connectivity index (χ1v) is 11.5. The molecule has 2 amide bonds. The van der Waals surface area contributed by atoms with Crippen molar-refractivity contribution in [3.63, 3.8) is 0 Å². The van der Waals surface area contributed by atoms with Gasteiger partial charge < -0.3 is 10.4 Å². The largest absolute Gasteiger partial charge is 0.508 e. The molecule has 0 unspecified atom stereocenters. The zero-order valence-electron chi connectivity index (χ0n) is 18.5. The fourth-order valence-electron chi connectivity index (χ4n) is 2.95. The quantitative estimate of drug-likeness (QED) is 0.482. The summed E-state index contributed by atoms with van der Waals surface area (Å²) >= 11 is 0. The van der Waals surface area contributed by atoms with Gasteiger partial charge in [-0.1, -0.05) is 45.0 Å². The van der Waals surface area contributed by atoms with Crippen LogP contribution in [0, 0.1) is 0 Å². The van der Waals surface area contributed by atoms with Crippen molar-refractivity contribution >= 4 is 21.7 Å². The number of alkyl halides is 3. The van der Waals surface area contributed by atoms with Gasteiger partial charge in [0.1, 0.15) is 11.6 Å². The van der Waals surface area contributed by atoms with E-state index in [2.05, 4.69) is 15.7 Å². The Morgan fingerprint density at radius 3 is 2.35 bits per heavy atom. The van der Waals surface area contributed by atoms with Crippen LogP contribution >= 0.6 is 0 Å². The number of hydrogen-bond donors (Lipinski definition) is 3. The highest BCUT2D eigenvalue weighted by molar-refractivity contribution is 7.92. The molecule has 3 rings (SSSR count). The number of aromatic hydroxyl groups is 1. The third kappa shape index (κ3) is 5.33. The normalized spacial score (nSPS) is 12.4. The SMILES string of the molecule is CC(C)(C)c1cc(NC(=O)NCc2ccccc2O)n(-c2cccc(S(=O)(=O)C(F)(F)F)c2)n1. The smallest absolute Gasteiger partial charge is 0.501 e. The maximum Gasteiger partial charge on any atom is 0.501 e. The summed E-state index contributed by atoms with van der Waals surface area (Å²) in [6.45, 7) is 5.57. The Balaban J connectivity index is 1.95. The molecule has 0 spiro atoms. The van der Waals surface area contributed by atoms with Crippen molar-refractivity contribution in [1.82, 2.24) is 15.1 Å². The zero-order chi connectivity index (χ0) is 25.3. The number of para-hydroxylation sites is 1. The molecule has 0 aliphatic carbocycles. The van der Waals surface area contributed by atoms with Crippen LogP contribution in [0.5, 0.6) is 5.75 Å². The number of aromatic nitrogens is 2. The van der Waals surface area contributed by atoms with Crippen molar-refractivity contribution in [2.75, 3.05) is 5.32 Å². The molecule has 8 nitrogen and oxygen atoms in total. The number of carbonyl (C=O) groups excluding carboxylic acids is 1. The van der Waals surface area contributed by atoms with E-state index in [0.717, 1.165) is 22.9 Å². The number of benzene rings is 2. The highest BCUT2D eigenvalue weighted by Crippen LogP contribution is 2.32. The van der Waals surface area contributed by atoms with Crippen LogP contribution in [-0.4, -0.2) is 34.8 Å². The van der Waals surface area contributed by atoms with E-state index in [1.54, 1.807) is 24.3 Å². The van der Waals surface area contributed by atoms with Gasteiger partial charge in [-0.25, -0.2) is 17.9 Å². The highest BCUT2D eigenvalue weighted by atomic mass is 32.2. The summed E-state index contributed by atoms with van der Waals surface area (Å²) < 4.78 is 64.0. The molecule has 1 aromatic heterocycles. The minimum atomic E-state index is -5.57. The molecule has 0 radical (unpaired) electrons. The summed E-state index contributed by atoms with van der Waals surface area (Å²) in [7, 11) is -5.57. The monoisotopic (exact) mass is 496 g/mol. The Morgan fingerprint density at radius 2 is 1.74 bits per heavy atom. The van der Waals surface area contributed by atoms with Crippen molar-refractivity contribution in [2.24, 2.45) is 0 Å². The van der Waals surface area contributed by atoms with Gasteiger partial charge in [0, 0.05) is 23.6 Å². The van der Waals surface area contributed by atoms with Crippen LogP contribution in [0.1, 0.15) is 32.0 Å². The van der Waals surface area contributed by atoms with E-state index in [4.69, 9.17) is 0 Å². The maximum atomic E-state index is 13.0. The fraction of sp³-hybridized carbons (Fsp3) is 0.273. The van der Waals surface area contributed by atoms with E-state index < -0.39 is 31.7 Å². The number of rotatable bonds is 5.